The molecule has 9 nitrogen and oxygen atoms in total. The summed E-state index contributed by atoms with van der Waals surface area (Å²) in [6, 6.07) is 1.40. The van der Waals surface area contributed by atoms with E-state index in [0.29, 0.717) is 24.5 Å². The van der Waals surface area contributed by atoms with Crippen LogP contribution in [0.4, 0.5) is 0 Å². The van der Waals surface area contributed by atoms with E-state index in [9.17, 15) is 14.4 Å². The van der Waals surface area contributed by atoms with E-state index in [1.54, 1.807) is 18.7 Å². The molecule has 3 N–H and O–H groups in total. The van der Waals surface area contributed by atoms with Crippen LogP contribution in [0.3, 0.4) is 0 Å². The molecule has 0 radical (unpaired) electrons. The molecule has 2 aromatic rings. The first-order chi connectivity index (χ1) is 11.4. The molecule has 9 heteroatoms. The predicted molar refractivity (Wildman–Crippen MR) is 86.8 cm³/mol. The van der Waals surface area contributed by atoms with E-state index in [4.69, 9.17) is 5.73 Å². The summed E-state index contributed by atoms with van der Waals surface area (Å²) in [6.45, 7) is 3.78. The molecular formula is C15H20N6O3. The van der Waals surface area contributed by atoms with E-state index in [1.807, 2.05) is 0 Å². The van der Waals surface area contributed by atoms with Crippen LogP contribution in [0.15, 0.2) is 15.7 Å². The third-order valence-electron chi connectivity index (χ3n) is 4.35. The summed E-state index contributed by atoms with van der Waals surface area (Å²) in [5, 5.41) is 4.19. The van der Waals surface area contributed by atoms with Crippen LogP contribution in [0, 0.1) is 6.92 Å². The third-order valence-corrected chi connectivity index (χ3v) is 4.35. The molecule has 2 aromatic heterocycles. The molecule has 3 heterocycles. The van der Waals surface area contributed by atoms with Crippen LogP contribution in [0.25, 0.3) is 0 Å². The van der Waals surface area contributed by atoms with Crippen molar-refractivity contribution in [2.75, 3.05) is 13.1 Å². The Kier molecular flexibility index (Phi) is 4.10. The summed E-state index contributed by atoms with van der Waals surface area (Å²) in [6.07, 6.45) is 0.741. The maximum Gasteiger partial charge on any atom is 0.328 e. The van der Waals surface area contributed by atoms with E-state index in [-0.39, 0.29) is 12.1 Å². The van der Waals surface area contributed by atoms with Gasteiger partial charge in [0.15, 0.2) is 5.69 Å². The number of fused-ring (bicyclic) bond motifs is 1. The first kappa shape index (κ1) is 16.2. The van der Waals surface area contributed by atoms with Crippen LogP contribution in [0.1, 0.15) is 27.4 Å². The van der Waals surface area contributed by atoms with Gasteiger partial charge in [-0.15, -0.1) is 0 Å². The van der Waals surface area contributed by atoms with Gasteiger partial charge in [0.25, 0.3) is 11.5 Å². The smallest absolute Gasteiger partial charge is 0.328 e. The Morgan fingerprint density at radius 3 is 2.79 bits per heavy atom. The number of H-pyrrole nitrogens is 1. The Morgan fingerprint density at radius 1 is 1.38 bits per heavy atom. The average molecular weight is 332 g/mol. The number of carbonyl (C=O) groups excluding carboxylic acids is 1. The molecule has 0 atom stereocenters. The molecule has 0 saturated heterocycles. The van der Waals surface area contributed by atoms with E-state index in [2.05, 4.69) is 15.0 Å². The summed E-state index contributed by atoms with van der Waals surface area (Å²) in [4.78, 5) is 40.1. The molecule has 0 saturated carbocycles. The van der Waals surface area contributed by atoms with Gasteiger partial charge in [-0.2, -0.15) is 5.10 Å². The highest BCUT2D eigenvalue weighted by atomic mass is 16.2. The summed E-state index contributed by atoms with van der Waals surface area (Å²) in [5.41, 5.74) is 7.35. The normalized spacial score (nSPS) is 14.6. The van der Waals surface area contributed by atoms with E-state index in [0.717, 1.165) is 24.2 Å². The number of hydrogen-bond donors (Lipinski definition) is 2. The minimum absolute atomic E-state index is 0.288. The van der Waals surface area contributed by atoms with Crippen molar-refractivity contribution in [3.05, 3.63) is 49.5 Å². The number of rotatable bonds is 4. The van der Waals surface area contributed by atoms with E-state index in [1.165, 1.54) is 10.6 Å². The largest absolute Gasteiger partial charge is 0.364 e. The van der Waals surface area contributed by atoms with Gasteiger partial charge in [-0.25, -0.2) is 4.79 Å². The summed E-state index contributed by atoms with van der Waals surface area (Å²) in [7, 11) is 1.80. The number of primary amides is 1. The van der Waals surface area contributed by atoms with Crippen molar-refractivity contribution in [3.63, 3.8) is 0 Å². The summed E-state index contributed by atoms with van der Waals surface area (Å²) < 4.78 is 2.88. The number of aromatic amines is 1. The van der Waals surface area contributed by atoms with Crippen molar-refractivity contribution in [1.29, 1.82) is 0 Å². The number of nitrogens with one attached hydrogen (secondary N) is 1. The van der Waals surface area contributed by atoms with Crippen molar-refractivity contribution in [3.8, 4) is 0 Å². The lowest BCUT2D eigenvalue weighted by molar-refractivity contribution is 0.0992. The van der Waals surface area contributed by atoms with Crippen molar-refractivity contribution >= 4 is 5.91 Å². The van der Waals surface area contributed by atoms with Gasteiger partial charge in [-0.05, 0) is 6.92 Å². The summed E-state index contributed by atoms with van der Waals surface area (Å²) >= 11 is 0. The van der Waals surface area contributed by atoms with E-state index >= 15 is 0 Å². The fraction of sp³-hybridized carbons (Fsp3) is 0.467. The summed E-state index contributed by atoms with van der Waals surface area (Å²) in [5.74, 6) is -0.542. The van der Waals surface area contributed by atoms with Crippen molar-refractivity contribution in [2.24, 2.45) is 12.8 Å². The van der Waals surface area contributed by atoms with Gasteiger partial charge >= 0.3 is 5.69 Å². The molecule has 24 heavy (non-hydrogen) atoms. The van der Waals surface area contributed by atoms with E-state index < -0.39 is 11.6 Å². The lowest BCUT2D eigenvalue weighted by Gasteiger charge is -2.27. The van der Waals surface area contributed by atoms with Gasteiger partial charge in [0.2, 0.25) is 0 Å². The molecule has 0 fully saturated rings. The molecule has 1 aliphatic rings. The van der Waals surface area contributed by atoms with Crippen LogP contribution in [0.5, 0.6) is 0 Å². The standard InChI is InChI=1S/C15H20N6O3/c1-9-7-12(22)21(15(24)17-9)6-5-20-4-3-11-10(8-20)13(14(16)23)18-19(11)2/h7H,3-6,8H2,1-2H3,(H2,16,23)(H,17,24). The zero-order valence-corrected chi connectivity index (χ0v) is 13.7. The maximum absolute atomic E-state index is 11.9. The van der Waals surface area contributed by atoms with Gasteiger partial charge in [0.05, 0.1) is 0 Å². The van der Waals surface area contributed by atoms with Crippen LogP contribution >= 0.6 is 0 Å². The van der Waals surface area contributed by atoms with Crippen LogP contribution in [0.2, 0.25) is 0 Å². The topological polar surface area (TPSA) is 119 Å². The zero-order valence-electron chi connectivity index (χ0n) is 13.7. The molecule has 1 amide bonds. The number of hydrogen-bond acceptors (Lipinski definition) is 5. The molecule has 0 bridgehead atoms. The Labute approximate surface area is 137 Å². The Balaban J connectivity index is 1.77. The van der Waals surface area contributed by atoms with Gasteiger partial charge in [0, 0.05) is 62.7 Å². The van der Waals surface area contributed by atoms with Gasteiger partial charge in [-0.3, -0.25) is 23.7 Å². The number of nitrogens with two attached hydrogens (primary N) is 1. The highest BCUT2D eigenvalue weighted by Gasteiger charge is 2.26. The second-order valence-electron chi connectivity index (χ2n) is 6.04. The Morgan fingerprint density at radius 2 is 2.12 bits per heavy atom. The minimum Gasteiger partial charge on any atom is -0.364 e. The number of nitrogens with zero attached hydrogens (tertiary/aromatic N) is 4. The highest BCUT2D eigenvalue weighted by molar-refractivity contribution is 5.92. The van der Waals surface area contributed by atoms with Gasteiger partial charge < -0.3 is 10.7 Å². The molecule has 128 valence electrons. The fourth-order valence-corrected chi connectivity index (χ4v) is 3.13. The van der Waals surface area contributed by atoms with Crippen molar-refractivity contribution in [1.82, 2.24) is 24.2 Å². The molecule has 3 rings (SSSR count). The van der Waals surface area contributed by atoms with Crippen molar-refractivity contribution in [2.45, 2.75) is 26.4 Å². The third kappa shape index (κ3) is 2.90. The van der Waals surface area contributed by atoms with Crippen LogP contribution < -0.4 is 17.0 Å². The lowest BCUT2D eigenvalue weighted by Crippen LogP contribution is -2.40. The Hall–Kier alpha value is -2.68. The SMILES string of the molecule is Cc1cc(=O)n(CCN2CCc3c(c(C(N)=O)nn3C)C2)c(=O)[nH]1. The quantitative estimate of drug-likeness (QED) is 0.724. The van der Waals surface area contributed by atoms with Crippen molar-refractivity contribution < 1.29 is 4.79 Å². The molecule has 0 aromatic carbocycles. The highest BCUT2D eigenvalue weighted by Crippen LogP contribution is 2.21. The number of aromatic nitrogens is 4. The number of amides is 1. The fourth-order valence-electron chi connectivity index (χ4n) is 3.13. The number of aryl methyl sites for hydroxylation is 2. The second-order valence-corrected chi connectivity index (χ2v) is 6.04. The van der Waals surface area contributed by atoms with Crippen LogP contribution in [-0.2, 0) is 26.6 Å². The maximum atomic E-state index is 11.9. The lowest BCUT2D eigenvalue weighted by atomic mass is 10.0. The zero-order chi connectivity index (χ0) is 17.4. The molecular weight excluding hydrogens is 312 g/mol. The van der Waals surface area contributed by atoms with Gasteiger partial charge in [0.1, 0.15) is 0 Å². The second kappa shape index (κ2) is 6.08. The first-order valence-corrected chi connectivity index (χ1v) is 7.74. The predicted octanol–water partition coefficient (Wildman–Crippen LogP) is -1.26. The molecule has 0 spiro atoms. The molecule has 1 aliphatic heterocycles. The minimum atomic E-state index is -0.542. The number of carbonyl (C=O) groups is 1. The van der Waals surface area contributed by atoms with Crippen LogP contribution in [-0.4, -0.2) is 43.2 Å². The Bertz CT molecular complexity index is 876. The average Bonchev–Trinajstić information content (AvgIpc) is 2.83. The first-order valence-electron chi connectivity index (χ1n) is 7.74. The molecule has 0 aliphatic carbocycles. The van der Waals surface area contributed by atoms with Gasteiger partial charge in [-0.1, -0.05) is 0 Å². The molecule has 0 unspecified atom stereocenters. The monoisotopic (exact) mass is 332 g/mol.